The Morgan fingerprint density at radius 1 is 1.12 bits per heavy atom. The summed E-state index contributed by atoms with van der Waals surface area (Å²) in [5.74, 6) is 0. The summed E-state index contributed by atoms with van der Waals surface area (Å²) in [6, 6.07) is 0. The molecule has 0 aliphatic heterocycles. The zero-order valence-corrected chi connectivity index (χ0v) is 8.73. The minimum absolute atomic E-state index is 1.07. The van der Waals surface area contributed by atoms with Crippen molar-refractivity contribution in [3.05, 3.63) is 0 Å². The molecule has 6 N–H and O–H groups in total. The first-order valence-electron chi connectivity index (χ1n) is 4.58. The Kier molecular flexibility index (Phi) is 5.51. The summed E-state index contributed by atoms with van der Waals surface area (Å²) >= 11 is 0. The standard InChI is InChI=1S/C6H14O9S/c7-1-3(8)5(10)6(11)4(9)2-15-16(12,13)14/h3-11H,1-2H2,(H,12,13,14)/t3-,4-,5-,6-/m1/s1/i1T/t1?,3-,4-,5-,6-. The number of hydrogen-bond donors (Lipinski definition) is 6. The molecule has 0 saturated carbocycles. The molecule has 0 aromatic rings. The molecule has 0 aliphatic rings. The molecule has 0 aliphatic carbocycles. The van der Waals surface area contributed by atoms with Crippen LogP contribution in [0.5, 0.6) is 0 Å². The van der Waals surface area contributed by atoms with Gasteiger partial charge in [-0.05, 0) is 0 Å². The lowest BCUT2D eigenvalue weighted by molar-refractivity contribution is -0.121. The van der Waals surface area contributed by atoms with Gasteiger partial charge in [-0.3, -0.25) is 4.55 Å². The minimum Gasteiger partial charge on any atom is -0.394 e. The van der Waals surface area contributed by atoms with Crippen LogP contribution in [0.25, 0.3) is 0 Å². The van der Waals surface area contributed by atoms with Crippen LogP contribution < -0.4 is 0 Å². The molecule has 0 aromatic heterocycles. The van der Waals surface area contributed by atoms with E-state index in [0.717, 1.165) is 0 Å². The number of hydrogen-bond acceptors (Lipinski definition) is 8. The molecule has 0 bridgehead atoms. The normalized spacial score (nSPS) is 23.0. The average Bonchev–Trinajstić information content (AvgIpc) is 2.21. The SMILES string of the molecule is [3H]C(O)[C@@H](O)[C@@H](O)[C@H](O)[C@H](O)COS(=O)(=O)O. The van der Waals surface area contributed by atoms with Gasteiger partial charge in [0.2, 0.25) is 0 Å². The summed E-state index contributed by atoms with van der Waals surface area (Å²) in [5, 5.41) is 45.0. The Balaban J connectivity index is 4.34. The van der Waals surface area contributed by atoms with Crippen molar-refractivity contribution in [1.82, 2.24) is 0 Å². The van der Waals surface area contributed by atoms with E-state index in [-0.39, 0.29) is 0 Å². The summed E-state index contributed by atoms with van der Waals surface area (Å²) in [6.45, 7) is -3.19. The molecule has 0 heterocycles. The summed E-state index contributed by atoms with van der Waals surface area (Å²) in [7, 11) is -4.82. The highest BCUT2D eigenvalue weighted by Crippen LogP contribution is 2.06. The van der Waals surface area contributed by atoms with E-state index in [1.165, 1.54) is 0 Å². The molecule has 98 valence electrons. The summed E-state index contributed by atoms with van der Waals surface area (Å²) in [4.78, 5) is 0. The fourth-order valence-electron chi connectivity index (χ4n) is 0.772. The van der Waals surface area contributed by atoms with E-state index in [0.29, 0.717) is 0 Å². The molecule has 0 fully saturated rings. The van der Waals surface area contributed by atoms with E-state index in [2.05, 4.69) is 4.18 Å². The lowest BCUT2D eigenvalue weighted by atomic mass is 10.0. The molecule has 0 spiro atoms. The molecule has 1 unspecified atom stereocenters. The largest absolute Gasteiger partial charge is 0.397 e. The van der Waals surface area contributed by atoms with Crippen molar-refractivity contribution in [2.75, 3.05) is 13.2 Å². The van der Waals surface area contributed by atoms with E-state index < -0.39 is 48.0 Å². The third-order valence-corrected chi connectivity index (χ3v) is 2.07. The summed E-state index contributed by atoms with van der Waals surface area (Å²) in [6.07, 6.45) is -8.19. The Hall–Kier alpha value is -0.330. The highest BCUT2D eigenvalue weighted by Gasteiger charge is 2.30. The molecule has 0 saturated heterocycles. The van der Waals surface area contributed by atoms with Gasteiger partial charge in [-0.25, -0.2) is 4.18 Å². The van der Waals surface area contributed by atoms with Gasteiger partial charge < -0.3 is 25.5 Å². The first-order chi connectivity index (χ1) is 7.56. The average molecular weight is 264 g/mol. The number of aliphatic hydroxyl groups is 5. The molecule has 0 rings (SSSR count). The Morgan fingerprint density at radius 2 is 1.56 bits per heavy atom. The van der Waals surface area contributed by atoms with Gasteiger partial charge in [-0.2, -0.15) is 8.42 Å². The van der Waals surface area contributed by atoms with Gasteiger partial charge in [-0.15, -0.1) is 0 Å². The van der Waals surface area contributed by atoms with Crippen molar-refractivity contribution in [2.24, 2.45) is 0 Å². The van der Waals surface area contributed by atoms with Crippen LogP contribution >= 0.6 is 0 Å². The van der Waals surface area contributed by atoms with Gasteiger partial charge in [0.25, 0.3) is 0 Å². The lowest BCUT2D eigenvalue weighted by Gasteiger charge is -2.24. The van der Waals surface area contributed by atoms with Crippen molar-refractivity contribution in [3.63, 3.8) is 0 Å². The van der Waals surface area contributed by atoms with Crippen molar-refractivity contribution in [2.45, 2.75) is 24.4 Å². The smallest absolute Gasteiger partial charge is 0.394 e. The van der Waals surface area contributed by atoms with E-state index in [9.17, 15) is 13.5 Å². The van der Waals surface area contributed by atoms with Crippen LogP contribution in [0.4, 0.5) is 0 Å². The van der Waals surface area contributed by atoms with Crippen LogP contribution in [0, 0.1) is 0 Å². The zero-order chi connectivity index (χ0) is 13.8. The van der Waals surface area contributed by atoms with Crippen molar-refractivity contribution >= 4 is 10.4 Å². The van der Waals surface area contributed by atoms with Crippen LogP contribution in [-0.4, -0.2) is 76.1 Å². The lowest BCUT2D eigenvalue weighted by Crippen LogP contribution is -2.47. The van der Waals surface area contributed by atoms with Crippen LogP contribution in [0.2, 0.25) is 0 Å². The van der Waals surface area contributed by atoms with Gasteiger partial charge >= 0.3 is 10.4 Å². The third-order valence-electron chi connectivity index (χ3n) is 1.63. The molecule has 0 amide bonds. The van der Waals surface area contributed by atoms with Crippen LogP contribution in [0.3, 0.4) is 0 Å². The highest BCUT2D eigenvalue weighted by atomic mass is 32.3. The zero-order valence-electron chi connectivity index (χ0n) is 8.91. The van der Waals surface area contributed by atoms with Gasteiger partial charge in [0.15, 0.2) is 0 Å². The predicted octanol–water partition coefficient (Wildman–Crippen LogP) is -3.76. The van der Waals surface area contributed by atoms with Crippen LogP contribution in [0.15, 0.2) is 0 Å². The quantitative estimate of drug-likeness (QED) is 0.253. The van der Waals surface area contributed by atoms with Crippen LogP contribution in [0.1, 0.15) is 1.37 Å². The monoisotopic (exact) mass is 264 g/mol. The maximum absolute atomic E-state index is 10.1. The fraction of sp³-hybridized carbons (Fsp3) is 1.00. The fourth-order valence-corrected chi connectivity index (χ4v) is 1.08. The first-order valence-corrected chi connectivity index (χ1v) is 5.37. The topological polar surface area (TPSA) is 165 Å². The molecule has 0 aromatic carbocycles. The molecule has 0 radical (unpaired) electrons. The van der Waals surface area contributed by atoms with Gasteiger partial charge in [0.05, 0.1) is 14.6 Å². The predicted molar refractivity (Wildman–Crippen MR) is 48.6 cm³/mol. The van der Waals surface area contributed by atoms with E-state index >= 15 is 0 Å². The maximum Gasteiger partial charge on any atom is 0.397 e. The molecule has 9 nitrogen and oxygen atoms in total. The molecular weight excluding hydrogens is 248 g/mol. The Morgan fingerprint density at radius 3 is 1.94 bits per heavy atom. The second-order valence-electron chi connectivity index (χ2n) is 2.90. The van der Waals surface area contributed by atoms with Gasteiger partial charge in [0.1, 0.15) is 24.4 Å². The maximum atomic E-state index is 10.1. The Bertz CT molecular complexity index is 317. The Labute approximate surface area is 92.9 Å². The molecular formula is C6H14O9S. The molecule has 5 atom stereocenters. The third kappa shape index (κ3) is 5.67. The van der Waals surface area contributed by atoms with Crippen molar-refractivity contribution < 1.29 is 44.1 Å². The van der Waals surface area contributed by atoms with Crippen LogP contribution in [-0.2, 0) is 14.6 Å². The van der Waals surface area contributed by atoms with E-state index in [1.807, 2.05) is 0 Å². The van der Waals surface area contributed by atoms with Crippen molar-refractivity contribution in [3.8, 4) is 0 Å². The first kappa shape index (κ1) is 13.7. The second-order valence-corrected chi connectivity index (χ2v) is 3.99. The second kappa shape index (κ2) is 6.42. The molecule has 16 heavy (non-hydrogen) atoms. The number of rotatable bonds is 7. The highest BCUT2D eigenvalue weighted by molar-refractivity contribution is 7.80. The summed E-state index contributed by atoms with van der Waals surface area (Å²) < 4.78 is 38.8. The molecule has 10 heteroatoms. The summed E-state index contributed by atoms with van der Waals surface area (Å²) in [5.41, 5.74) is 0. The number of aliphatic hydroxyl groups excluding tert-OH is 5. The van der Waals surface area contributed by atoms with Gasteiger partial charge in [-0.1, -0.05) is 0 Å². The van der Waals surface area contributed by atoms with Crippen molar-refractivity contribution in [1.29, 1.82) is 0 Å². The van der Waals surface area contributed by atoms with E-state index in [1.54, 1.807) is 0 Å². The van der Waals surface area contributed by atoms with Gasteiger partial charge in [0, 0.05) is 0 Å². The minimum atomic E-state index is -4.82. The van der Waals surface area contributed by atoms with E-state index in [4.69, 9.17) is 26.3 Å².